The maximum absolute atomic E-state index is 13.6. The van der Waals surface area contributed by atoms with Crippen molar-refractivity contribution in [2.45, 2.75) is 13.0 Å². The molecule has 1 atom stereocenters. The number of nitrogens with one attached hydrogen (secondary N) is 1. The number of rotatable bonds is 3. The van der Waals surface area contributed by atoms with Gasteiger partial charge in [-0.15, -0.1) is 0 Å². The van der Waals surface area contributed by atoms with E-state index in [2.05, 4.69) is 5.32 Å². The zero-order valence-corrected chi connectivity index (χ0v) is 10.5. The molecule has 1 N–H and O–H groups in total. The first-order chi connectivity index (χ1) is 8.58. The van der Waals surface area contributed by atoms with Gasteiger partial charge in [0.25, 0.3) is 0 Å². The lowest BCUT2D eigenvalue weighted by atomic mass is 10.1. The SMILES string of the molecule is CC(Nc1ccc(Cl)cc1)c1c(F)cccc1F. The minimum atomic E-state index is -0.552. The summed E-state index contributed by atoms with van der Waals surface area (Å²) in [6.07, 6.45) is 0. The third-order valence-corrected chi connectivity index (χ3v) is 2.91. The third kappa shape index (κ3) is 2.79. The molecule has 0 fully saturated rings. The van der Waals surface area contributed by atoms with Crippen molar-refractivity contribution in [2.24, 2.45) is 0 Å². The van der Waals surface area contributed by atoms with Crippen LogP contribution >= 0.6 is 11.6 Å². The Morgan fingerprint density at radius 3 is 2.11 bits per heavy atom. The summed E-state index contributed by atoms with van der Waals surface area (Å²) in [5.41, 5.74) is 0.794. The van der Waals surface area contributed by atoms with Crippen molar-refractivity contribution in [2.75, 3.05) is 5.32 Å². The summed E-state index contributed by atoms with van der Waals surface area (Å²) in [4.78, 5) is 0. The summed E-state index contributed by atoms with van der Waals surface area (Å²) in [5, 5.41) is 3.64. The number of hydrogen-bond acceptors (Lipinski definition) is 1. The van der Waals surface area contributed by atoms with Gasteiger partial charge in [0.15, 0.2) is 0 Å². The second-order valence-corrected chi connectivity index (χ2v) is 4.44. The Labute approximate surface area is 109 Å². The first-order valence-corrected chi connectivity index (χ1v) is 5.91. The topological polar surface area (TPSA) is 12.0 Å². The van der Waals surface area contributed by atoms with Crippen LogP contribution in [-0.2, 0) is 0 Å². The molecule has 2 aromatic rings. The molecule has 0 aliphatic carbocycles. The predicted octanol–water partition coefficient (Wildman–Crippen LogP) is 4.79. The number of benzene rings is 2. The molecule has 4 heteroatoms. The molecule has 0 spiro atoms. The van der Waals surface area contributed by atoms with Crippen molar-refractivity contribution in [1.29, 1.82) is 0 Å². The van der Waals surface area contributed by atoms with E-state index in [0.29, 0.717) is 5.02 Å². The fraction of sp³-hybridized carbons (Fsp3) is 0.143. The van der Waals surface area contributed by atoms with Crippen molar-refractivity contribution in [1.82, 2.24) is 0 Å². The Morgan fingerprint density at radius 2 is 1.56 bits per heavy atom. The quantitative estimate of drug-likeness (QED) is 0.843. The summed E-state index contributed by atoms with van der Waals surface area (Å²) in [6.45, 7) is 1.70. The summed E-state index contributed by atoms with van der Waals surface area (Å²) >= 11 is 5.77. The van der Waals surface area contributed by atoms with E-state index in [9.17, 15) is 8.78 Å². The molecule has 0 radical (unpaired) electrons. The molecule has 0 amide bonds. The van der Waals surface area contributed by atoms with Crippen LogP contribution in [0.15, 0.2) is 42.5 Å². The highest BCUT2D eigenvalue weighted by molar-refractivity contribution is 6.30. The van der Waals surface area contributed by atoms with Gasteiger partial charge in [-0.3, -0.25) is 0 Å². The van der Waals surface area contributed by atoms with E-state index in [0.717, 1.165) is 5.69 Å². The van der Waals surface area contributed by atoms with E-state index in [-0.39, 0.29) is 5.56 Å². The molecule has 0 aliphatic rings. The van der Waals surface area contributed by atoms with E-state index in [1.165, 1.54) is 18.2 Å². The number of anilines is 1. The van der Waals surface area contributed by atoms with Crippen LogP contribution in [0.4, 0.5) is 14.5 Å². The average Bonchev–Trinajstić information content (AvgIpc) is 2.32. The molecule has 0 bridgehead atoms. The summed E-state index contributed by atoms with van der Waals surface area (Å²) in [5.74, 6) is -1.10. The Kier molecular flexibility index (Phi) is 3.82. The van der Waals surface area contributed by atoms with Gasteiger partial charge in [-0.05, 0) is 43.3 Å². The second kappa shape index (κ2) is 5.36. The van der Waals surface area contributed by atoms with Crippen molar-refractivity contribution in [3.8, 4) is 0 Å². The van der Waals surface area contributed by atoms with Gasteiger partial charge < -0.3 is 5.32 Å². The molecule has 0 heterocycles. The van der Waals surface area contributed by atoms with Crippen LogP contribution in [0.5, 0.6) is 0 Å². The lowest BCUT2D eigenvalue weighted by molar-refractivity contribution is 0.544. The first-order valence-electron chi connectivity index (χ1n) is 5.54. The molecule has 1 nitrogen and oxygen atoms in total. The molecular weight excluding hydrogens is 256 g/mol. The fourth-order valence-electron chi connectivity index (χ4n) is 1.79. The highest BCUT2D eigenvalue weighted by Crippen LogP contribution is 2.24. The lowest BCUT2D eigenvalue weighted by Crippen LogP contribution is -2.10. The van der Waals surface area contributed by atoms with Crippen LogP contribution in [0, 0.1) is 11.6 Å². The standard InChI is InChI=1S/C14H12ClF2N/c1-9(14-12(16)3-2-4-13(14)17)18-11-7-5-10(15)6-8-11/h2-9,18H,1H3. The fourth-order valence-corrected chi connectivity index (χ4v) is 1.92. The van der Waals surface area contributed by atoms with Gasteiger partial charge in [-0.2, -0.15) is 0 Å². The Hall–Kier alpha value is -1.61. The minimum absolute atomic E-state index is 0.0347. The van der Waals surface area contributed by atoms with Crippen LogP contribution in [0.25, 0.3) is 0 Å². The predicted molar refractivity (Wildman–Crippen MR) is 69.8 cm³/mol. The molecule has 0 saturated carbocycles. The average molecular weight is 268 g/mol. The van der Waals surface area contributed by atoms with Gasteiger partial charge in [-0.1, -0.05) is 17.7 Å². The Morgan fingerprint density at radius 1 is 1.00 bits per heavy atom. The van der Waals surface area contributed by atoms with E-state index < -0.39 is 17.7 Å². The highest BCUT2D eigenvalue weighted by Gasteiger charge is 2.15. The lowest BCUT2D eigenvalue weighted by Gasteiger charge is -2.17. The van der Waals surface area contributed by atoms with Gasteiger partial charge in [0.1, 0.15) is 11.6 Å². The van der Waals surface area contributed by atoms with Gasteiger partial charge in [0.2, 0.25) is 0 Å². The van der Waals surface area contributed by atoms with Gasteiger partial charge in [0.05, 0.1) is 6.04 Å². The molecule has 94 valence electrons. The second-order valence-electron chi connectivity index (χ2n) is 4.01. The monoisotopic (exact) mass is 267 g/mol. The van der Waals surface area contributed by atoms with Crippen LogP contribution in [0.2, 0.25) is 5.02 Å². The van der Waals surface area contributed by atoms with E-state index in [1.54, 1.807) is 31.2 Å². The maximum Gasteiger partial charge on any atom is 0.131 e. The largest absolute Gasteiger partial charge is 0.378 e. The normalized spacial score (nSPS) is 12.2. The van der Waals surface area contributed by atoms with Crippen molar-refractivity contribution >= 4 is 17.3 Å². The molecule has 0 aliphatic heterocycles. The zero-order valence-electron chi connectivity index (χ0n) is 9.75. The highest BCUT2D eigenvalue weighted by atomic mass is 35.5. The molecule has 2 aromatic carbocycles. The van der Waals surface area contributed by atoms with E-state index in [4.69, 9.17) is 11.6 Å². The first kappa shape index (κ1) is 12.8. The van der Waals surface area contributed by atoms with Crippen LogP contribution in [-0.4, -0.2) is 0 Å². The van der Waals surface area contributed by atoms with Gasteiger partial charge in [0, 0.05) is 16.3 Å². The van der Waals surface area contributed by atoms with E-state index in [1.807, 2.05) is 0 Å². The van der Waals surface area contributed by atoms with Crippen LogP contribution < -0.4 is 5.32 Å². The van der Waals surface area contributed by atoms with E-state index >= 15 is 0 Å². The minimum Gasteiger partial charge on any atom is -0.378 e. The Balaban J connectivity index is 2.22. The summed E-state index contributed by atoms with van der Waals surface area (Å²) in [6, 6.07) is 10.3. The number of halogens is 3. The van der Waals surface area contributed by atoms with Crippen molar-refractivity contribution in [3.05, 3.63) is 64.7 Å². The summed E-state index contributed by atoms with van der Waals surface area (Å²) < 4.78 is 27.1. The molecule has 1 unspecified atom stereocenters. The maximum atomic E-state index is 13.6. The van der Waals surface area contributed by atoms with Gasteiger partial charge >= 0.3 is 0 Å². The zero-order chi connectivity index (χ0) is 13.1. The van der Waals surface area contributed by atoms with Crippen molar-refractivity contribution in [3.63, 3.8) is 0 Å². The van der Waals surface area contributed by atoms with Gasteiger partial charge in [-0.25, -0.2) is 8.78 Å². The molecule has 2 rings (SSSR count). The van der Waals surface area contributed by atoms with Crippen LogP contribution in [0.1, 0.15) is 18.5 Å². The molecule has 0 aromatic heterocycles. The number of hydrogen-bond donors (Lipinski definition) is 1. The molecule has 18 heavy (non-hydrogen) atoms. The van der Waals surface area contributed by atoms with Crippen LogP contribution in [0.3, 0.4) is 0 Å². The third-order valence-electron chi connectivity index (χ3n) is 2.66. The van der Waals surface area contributed by atoms with Crippen molar-refractivity contribution < 1.29 is 8.78 Å². The molecular formula is C14H12ClF2N. The Bertz CT molecular complexity index is 520. The smallest absolute Gasteiger partial charge is 0.131 e. The summed E-state index contributed by atoms with van der Waals surface area (Å²) in [7, 11) is 0. The molecule has 0 saturated heterocycles.